The average Bonchev–Trinajstić information content (AvgIpc) is 3.02. The molecule has 0 aliphatic heterocycles. The first-order valence-electron chi connectivity index (χ1n) is 8.88. The van der Waals surface area contributed by atoms with Crippen molar-refractivity contribution in [3.63, 3.8) is 0 Å². The molecule has 0 aliphatic carbocycles. The Morgan fingerprint density at radius 2 is 1.93 bits per heavy atom. The van der Waals surface area contributed by atoms with Gasteiger partial charge in [0.15, 0.2) is 5.16 Å². The molecule has 2 aromatic carbocycles. The summed E-state index contributed by atoms with van der Waals surface area (Å²) in [5.74, 6) is 2.75. The number of para-hydroxylation sites is 1. The monoisotopic (exact) mass is 418 g/mol. The van der Waals surface area contributed by atoms with E-state index in [1.807, 2.05) is 49.0 Å². The van der Waals surface area contributed by atoms with E-state index in [2.05, 4.69) is 15.1 Å². The molecule has 148 valence electrons. The van der Waals surface area contributed by atoms with Gasteiger partial charge in [0.2, 0.25) is 0 Å². The first-order chi connectivity index (χ1) is 13.5. The van der Waals surface area contributed by atoms with E-state index in [0.29, 0.717) is 24.7 Å². The molecule has 1 heterocycles. The van der Waals surface area contributed by atoms with Crippen LogP contribution in [0, 0.1) is 0 Å². The minimum absolute atomic E-state index is 0.240. The molecule has 8 heteroatoms. The van der Waals surface area contributed by atoms with Crippen LogP contribution in [0.3, 0.4) is 0 Å². The number of hydrogen-bond donors (Lipinski definition) is 1. The van der Waals surface area contributed by atoms with Crippen molar-refractivity contribution in [3.8, 4) is 11.5 Å². The Kier molecular flexibility index (Phi) is 7.19. The number of rotatable bonds is 9. The summed E-state index contributed by atoms with van der Waals surface area (Å²) >= 11 is 7.63. The molecule has 0 saturated carbocycles. The van der Waals surface area contributed by atoms with E-state index >= 15 is 0 Å². The highest BCUT2D eigenvalue weighted by Gasteiger charge is 2.13. The van der Waals surface area contributed by atoms with Gasteiger partial charge in [-0.1, -0.05) is 41.6 Å². The van der Waals surface area contributed by atoms with Gasteiger partial charge in [-0.05, 0) is 37.4 Å². The predicted octanol–water partition coefficient (Wildman–Crippen LogP) is 3.98. The molecule has 0 atom stereocenters. The number of hydrogen-bond acceptors (Lipinski definition) is 6. The second-order valence-electron chi connectivity index (χ2n) is 6.41. The molecule has 3 rings (SSSR count). The normalized spacial score (nSPS) is 11.1. The van der Waals surface area contributed by atoms with Crippen molar-refractivity contribution >= 4 is 23.4 Å². The van der Waals surface area contributed by atoms with E-state index in [9.17, 15) is 5.11 Å². The van der Waals surface area contributed by atoms with Crippen LogP contribution in [0.15, 0.2) is 53.7 Å². The molecule has 1 N–H and O–H groups in total. The maximum absolute atomic E-state index is 9.98. The lowest BCUT2D eigenvalue weighted by Crippen LogP contribution is -2.19. The van der Waals surface area contributed by atoms with Crippen molar-refractivity contribution < 1.29 is 9.84 Å². The number of phenols is 1. The summed E-state index contributed by atoms with van der Waals surface area (Å²) < 4.78 is 7.69. The molecule has 28 heavy (non-hydrogen) atoms. The van der Waals surface area contributed by atoms with Gasteiger partial charge in [-0.15, -0.1) is 10.2 Å². The number of ether oxygens (including phenoxy) is 1. The Morgan fingerprint density at radius 1 is 1.14 bits per heavy atom. The van der Waals surface area contributed by atoms with E-state index in [1.165, 1.54) is 0 Å². The average molecular weight is 419 g/mol. The Hall–Kier alpha value is -2.22. The van der Waals surface area contributed by atoms with Crippen LogP contribution < -0.4 is 4.74 Å². The van der Waals surface area contributed by atoms with Crippen LogP contribution in [-0.2, 0) is 20.1 Å². The lowest BCUT2D eigenvalue weighted by Gasteiger charge is -2.17. The molecule has 0 fully saturated rings. The fraction of sp³-hybridized carbons (Fsp3) is 0.300. The fourth-order valence-electron chi connectivity index (χ4n) is 2.69. The molecule has 0 radical (unpaired) electrons. The van der Waals surface area contributed by atoms with Crippen molar-refractivity contribution in [1.29, 1.82) is 0 Å². The van der Waals surface area contributed by atoms with Gasteiger partial charge < -0.3 is 14.4 Å². The summed E-state index contributed by atoms with van der Waals surface area (Å²) in [6.45, 7) is 1.77. The standard InChI is InChI=1S/C20H23ClN4O2S/c1-24(13-15-12-16(21)8-9-18(15)26)14-19-22-23-20(25(19)2)28-11-10-27-17-6-4-3-5-7-17/h3-9,12,26H,10-11,13-14H2,1-2H3. The second kappa shape index (κ2) is 9.82. The number of halogens is 1. The SMILES string of the molecule is CN(Cc1cc(Cl)ccc1O)Cc1nnc(SCCOc2ccccc2)n1C. The van der Waals surface area contributed by atoms with Gasteiger partial charge in [0, 0.05) is 29.9 Å². The van der Waals surface area contributed by atoms with Crippen molar-refractivity contribution in [2.75, 3.05) is 19.4 Å². The van der Waals surface area contributed by atoms with Crippen LogP contribution in [-0.4, -0.2) is 44.2 Å². The van der Waals surface area contributed by atoms with E-state index in [-0.39, 0.29) is 5.75 Å². The zero-order valence-corrected chi connectivity index (χ0v) is 17.5. The first-order valence-corrected chi connectivity index (χ1v) is 10.2. The summed E-state index contributed by atoms with van der Waals surface area (Å²) in [5, 5.41) is 20.0. The van der Waals surface area contributed by atoms with Crippen LogP contribution in [0.2, 0.25) is 5.02 Å². The third-order valence-electron chi connectivity index (χ3n) is 4.14. The van der Waals surface area contributed by atoms with Gasteiger partial charge in [-0.3, -0.25) is 4.90 Å². The Bertz CT molecular complexity index is 904. The van der Waals surface area contributed by atoms with Gasteiger partial charge in [0.25, 0.3) is 0 Å². The van der Waals surface area contributed by atoms with Crippen LogP contribution in [0.4, 0.5) is 0 Å². The third kappa shape index (κ3) is 5.64. The van der Waals surface area contributed by atoms with Crippen LogP contribution >= 0.6 is 23.4 Å². The van der Waals surface area contributed by atoms with Crippen molar-refractivity contribution in [2.45, 2.75) is 18.2 Å². The summed E-state index contributed by atoms with van der Waals surface area (Å²) in [5.41, 5.74) is 0.782. The molecule has 0 spiro atoms. The van der Waals surface area contributed by atoms with Crippen LogP contribution in [0.1, 0.15) is 11.4 Å². The lowest BCUT2D eigenvalue weighted by atomic mass is 10.2. The predicted molar refractivity (Wildman–Crippen MR) is 112 cm³/mol. The Labute approximate surface area is 174 Å². The van der Waals surface area contributed by atoms with Crippen molar-refractivity contribution in [3.05, 3.63) is 64.9 Å². The summed E-state index contributed by atoms with van der Waals surface area (Å²) in [7, 11) is 3.93. The highest BCUT2D eigenvalue weighted by atomic mass is 35.5. The number of phenolic OH excluding ortho intramolecular Hbond substituents is 1. The minimum Gasteiger partial charge on any atom is -0.508 e. The third-order valence-corrected chi connectivity index (χ3v) is 5.36. The van der Waals surface area contributed by atoms with E-state index in [1.54, 1.807) is 30.0 Å². The summed E-state index contributed by atoms with van der Waals surface area (Å²) in [6, 6.07) is 14.8. The quantitative estimate of drug-likeness (QED) is 0.419. The Morgan fingerprint density at radius 3 is 2.71 bits per heavy atom. The summed E-state index contributed by atoms with van der Waals surface area (Å²) in [4.78, 5) is 2.06. The smallest absolute Gasteiger partial charge is 0.191 e. The topological polar surface area (TPSA) is 63.4 Å². The highest BCUT2D eigenvalue weighted by Crippen LogP contribution is 2.23. The van der Waals surface area contributed by atoms with Gasteiger partial charge >= 0.3 is 0 Å². The highest BCUT2D eigenvalue weighted by molar-refractivity contribution is 7.99. The molecule has 0 bridgehead atoms. The maximum Gasteiger partial charge on any atom is 0.191 e. The zero-order chi connectivity index (χ0) is 19.9. The Balaban J connectivity index is 1.50. The molecule has 0 saturated heterocycles. The second-order valence-corrected chi connectivity index (χ2v) is 7.91. The maximum atomic E-state index is 9.98. The summed E-state index contributed by atoms with van der Waals surface area (Å²) in [6.07, 6.45) is 0. The molecule has 6 nitrogen and oxygen atoms in total. The molecule has 0 aliphatic rings. The van der Waals surface area contributed by atoms with Crippen LogP contribution in [0.25, 0.3) is 0 Å². The molecule has 0 unspecified atom stereocenters. The van der Waals surface area contributed by atoms with Crippen LogP contribution in [0.5, 0.6) is 11.5 Å². The largest absolute Gasteiger partial charge is 0.508 e. The minimum atomic E-state index is 0.240. The van der Waals surface area contributed by atoms with E-state index in [4.69, 9.17) is 16.3 Å². The molecule has 0 amide bonds. The number of aromatic hydroxyl groups is 1. The van der Waals surface area contributed by atoms with Gasteiger partial charge in [0.05, 0.1) is 13.2 Å². The number of benzene rings is 2. The van der Waals surface area contributed by atoms with Gasteiger partial charge in [-0.2, -0.15) is 0 Å². The molecule has 1 aromatic heterocycles. The molecular formula is C20H23ClN4O2S. The van der Waals surface area contributed by atoms with E-state index in [0.717, 1.165) is 28.0 Å². The number of nitrogens with zero attached hydrogens (tertiary/aromatic N) is 4. The number of aromatic nitrogens is 3. The van der Waals surface area contributed by atoms with Crippen molar-refractivity contribution in [1.82, 2.24) is 19.7 Å². The number of thioether (sulfide) groups is 1. The molecule has 3 aromatic rings. The molecular weight excluding hydrogens is 396 g/mol. The first kappa shape index (κ1) is 20.5. The van der Waals surface area contributed by atoms with Crippen molar-refractivity contribution in [2.24, 2.45) is 7.05 Å². The zero-order valence-electron chi connectivity index (χ0n) is 15.9. The van der Waals surface area contributed by atoms with Gasteiger partial charge in [-0.25, -0.2) is 0 Å². The van der Waals surface area contributed by atoms with Gasteiger partial charge in [0.1, 0.15) is 17.3 Å². The fourth-order valence-corrected chi connectivity index (χ4v) is 3.63. The van der Waals surface area contributed by atoms with E-state index < -0.39 is 0 Å². The lowest BCUT2D eigenvalue weighted by molar-refractivity contribution is 0.300.